The molecule has 8 heteroatoms. The average molecular weight is 504 g/mol. The number of guanidine groups is 1. The molecule has 1 aliphatic rings. The number of rotatable bonds is 8. The van der Waals surface area contributed by atoms with E-state index in [9.17, 15) is 4.79 Å². The van der Waals surface area contributed by atoms with Gasteiger partial charge in [-0.3, -0.25) is 4.79 Å². The SMILES string of the molecule is CCCCOc1ncccc1CN=C(NCC)N1CCC(C(=O)OC)CC1.I. The fourth-order valence-corrected chi connectivity index (χ4v) is 3.07. The van der Waals surface area contributed by atoms with E-state index in [1.807, 2.05) is 12.1 Å². The zero-order chi connectivity index (χ0) is 19.5. The highest BCUT2D eigenvalue weighted by Crippen LogP contribution is 2.20. The summed E-state index contributed by atoms with van der Waals surface area (Å²) in [5.74, 6) is 1.41. The fraction of sp³-hybridized carbons (Fsp3) is 0.650. The van der Waals surface area contributed by atoms with Gasteiger partial charge in [-0.1, -0.05) is 19.4 Å². The van der Waals surface area contributed by atoms with Gasteiger partial charge in [-0.15, -0.1) is 24.0 Å². The standard InChI is InChI=1S/C20H32N4O3.HI/c1-4-6-14-27-18-17(8-7-11-22-18)15-23-20(21-5-2)24-12-9-16(10-13-24)19(25)26-3;/h7-8,11,16H,4-6,9-10,12-15H2,1-3H3,(H,21,23);1H. The molecule has 0 bridgehead atoms. The average Bonchev–Trinajstić information content (AvgIpc) is 2.71. The van der Waals surface area contributed by atoms with Crippen molar-refractivity contribution in [1.29, 1.82) is 0 Å². The van der Waals surface area contributed by atoms with Gasteiger partial charge in [-0.05, 0) is 32.3 Å². The molecule has 1 N–H and O–H groups in total. The van der Waals surface area contributed by atoms with Crippen LogP contribution < -0.4 is 10.1 Å². The first-order valence-corrected chi connectivity index (χ1v) is 9.87. The van der Waals surface area contributed by atoms with Crippen molar-refractivity contribution >= 4 is 35.9 Å². The highest BCUT2D eigenvalue weighted by molar-refractivity contribution is 14.0. The number of pyridine rings is 1. The van der Waals surface area contributed by atoms with Crippen molar-refractivity contribution in [2.75, 3.05) is 33.4 Å². The van der Waals surface area contributed by atoms with Crippen LogP contribution in [0.5, 0.6) is 5.88 Å². The van der Waals surface area contributed by atoms with E-state index < -0.39 is 0 Å². The Morgan fingerprint density at radius 1 is 1.36 bits per heavy atom. The van der Waals surface area contributed by atoms with Crippen LogP contribution >= 0.6 is 24.0 Å². The number of carbonyl (C=O) groups is 1. The minimum Gasteiger partial charge on any atom is -0.477 e. The van der Waals surface area contributed by atoms with Crippen LogP contribution in [0.2, 0.25) is 0 Å². The second-order valence-corrected chi connectivity index (χ2v) is 6.62. The number of ether oxygens (including phenoxy) is 2. The first-order valence-electron chi connectivity index (χ1n) is 9.87. The molecule has 0 unspecified atom stereocenters. The monoisotopic (exact) mass is 504 g/mol. The molecule has 1 aromatic rings. The lowest BCUT2D eigenvalue weighted by Crippen LogP contribution is -2.46. The van der Waals surface area contributed by atoms with Crippen LogP contribution in [0.15, 0.2) is 23.3 Å². The summed E-state index contributed by atoms with van der Waals surface area (Å²) in [4.78, 5) is 23.1. The molecular weight excluding hydrogens is 471 g/mol. The van der Waals surface area contributed by atoms with Crippen LogP contribution in [0, 0.1) is 5.92 Å². The Morgan fingerprint density at radius 2 is 2.11 bits per heavy atom. The molecule has 0 aliphatic carbocycles. The van der Waals surface area contributed by atoms with Crippen LogP contribution in [0.1, 0.15) is 45.1 Å². The van der Waals surface area contributed by atoms with Gasteiger partial charge in [0, 0.05) is 31.4 Å². The van der Waals surface area contributed by atoms with Crippen molar-refractivity contribution in [3.63, 3.8) is 0 Å². The van der Waals surface area contributed by atoms with Gasteiger partial charge >= 0.3 is 5.97 Å². The number of likely N-dealkylation sites (tertiary alicyclic amines) is 1. The lowest BCUT2D eigenvalue weighted by molar-refractivity contribution is -0.146. The minimum atomic E-state index is -0.110. The number of aromatic nitrogens is 1. The van der Waals surface area contributed by atoms with Gasteiger partial charge in [0.2, 0.25) is 5.88 Å². The molecule has 158 valence electrons. The van der Waals surface area contributed by atoms with Crippen molar-refractivity contribution in [1.82, 2.24) is 15.2 Å². The summed E-state index contributed by atoms with van der Waals surface area (Å²) in [6, 6.07) is 3.91. The maximum Gasteiger partial charge on any atom is 0.308 e. The normalized spacial score (nSPS) is 15.0. The Balaban J connectivity index is 0.00000392. The first-order chi connectivity index (χ1) is 13.2. The highest BCUT2D eigenvalue weighted by atomic mass is 127. The molecule has 2 heterocycles. The molecule has 1 aliphatic heterocycles. The van der Waals surface area contributed by atoms with E-state index in [1.165, 1.54) is 7.11 Å². The summed E-state index contributed by atoms with van der Waals surface area (Å²) in [6.45, 7) is 7.75. The lowest BCUT2D eigenvalue weighted by atomic mass is 9.97. The van der Waals surface area contributed by atoms with Gasteiger partial charge in [-0.25, -0.2) is 9.98 Å². The molecule has 0 atom stereocenters. The number of halogens is 1. The number of hydrogen-bond donors (Lipinski definition) is 1. The number of esters is 1. The number of aliphatic imine (C=N–C) groups is 1. The largest absolute Gasteiger partial charge is 0.477 e. The van der Waals surface area contributed by atoms with E-state index in [2.05, 4.69) is 29.0 Å². The van der Waals surface area contributed by atoms with Crippen LogP contribution in [0.25, 0.3) is 0 Å². The number of hydrogen-bond acceptors (Lipinski definition) is 5. The van der Waals surface area contributed by atoms with Crippen molar-refractivity contribution in [3.8, 4) is 5.88 Å². The van der Waals surface area contributed by atoms with E-state index >= 15 is 0 Å². The third kappa shape index (κ3) is 7.44. The van der Waals surface area contributed by atoms with Crippen LogP contribution in [-0.4, -0.2) is 55.2 Å². The summed E-state index contributed by atoms with van der Waals surface area (Å²) < 4.78 is 10.7. The second kappa shape index (κ2) is 13.6. The Hall–Kier alpha value is -1.58. The van der Waals surface area contributed by atoms with E-state index in [0.717, 1.165) is 56.8 Å². The molecule has 0 amide bonds. The molecule has 0 aromatic carbocycles. The van der Waals surface area contributed by atoms with E-state index in [4.69, 9.17) is 14.5 Å². The smallest absolute Gasteiger partial charge is 0.308 e. The van der Waals surface area contributed by atoms with Crippen molar-refractivity contribution in [2.45, 2.75) is 46.1 Å². The van der Waals surface area contributed by atoms with Gasteiger partial charge in [0.05, 0.1) is 26.2 Å². The number of carbonyl (C=O) groups excluding carboxylic acids is 1. The quantitative estimate of drug-likeness (QED) is 0.193. The predicted molar refractivity (Wildman–Crippen MR) is 121 cm³/mol. The van der Waals surface area contributed by atoms with Gasteiger partial charge in [0.15, 0.2) is 5.96 Å². The molecule has 0 saturated carbocycles. The van der Waals surface area contributed by atoms with Gasteiger partial charge in [-0.2, -0.15) is 0 Å². The van der Waals surface area contributed by atoms with Crippen LogP contribution in [0.4, 0.5) is 0 Å². The van der Waals surface area contributed by atoms with Crippen LogP contribution in [0.3, 0.4) is 0 Å². The number of piperidine rings is 1. The molecule has 0 radical (unpaired) electrons. The maximum absolute atomic E-state index is 11.7. The molecule has 0 spiro atoms. The molecule has 28 heavy (non-hydrogen) atoms. The Labute approximate surface area is 185 Å². The zero-order valence-corrected chi connectivity index (χ0v) is 19.5. The third-order valence-electron chi connectivity index (χ3n) is 4.65. The zero-order valence-electron chi connectivity index (χ0n) is 17.1. The van der Waals surface area contributed by atoms with Crippen molar-refractivity contribution in [3.05, 3.63) is 23.9 Å². The summed E-state index contributed by atoms with van der Waals surface area (Å²) in [7, 11) is 1.45. The Kier molecular flexibility index (Phi) is 11.9. The molecule has 1 aromatic heterocycles. The number of unbranched alkanes of at least 4 members (excludes halogenated alkanes) is 1. The van der Waals surface area contributed by atoms with Crippen molar-refractivity contribution < 1.29 is 14.3 Å². The highest BCUT2D eigenvalue weighted by Gasteiger charge is 2.27. The number of nitrogens with zero attached hydrogens (tertiary/aromatic N) is 3. The summed E-state index contributed by atoms with van der Waals surface area (Å²) >= 11 is 0. The summed E-state index contributed by atoms with van der Waals surface area (Å²) in [6.07, 6.45) is 5.42. The molecular formula is C20H33IN4O3. The Bertz CT molecular complexity index is 619. The predicted octanol–water partition coefficient (Wildman–Crippen LogP) is 3.23. The molecule has 2 rings (SSSR count). The fourth-order valence-electron chi connectivity index (χ4n) is 3.07. The topological polar surface area (TPSA) is 76.1 Å². The van der Waals surface area contributed by atoms with Gasteiger partial charge < -0.3 is 19.7 Å². The second-order valence-electron chi connectivity index (χ2n) is 6.62. The number of methoxy groups -OCH3 is 1. The third-order valence-corrected chi connectivity index (χ3v) is 4.65. The Morgan fingerprint density at radius 3 is 2.75 bits per heavy atom. The van der Waals surface area contributed by atoms with Crippen molar-refractivity contribution in [2.24, 2.45) is 10.9 Å². The maximum atomic E-state index is 11.7. The van der Waals surface area contributed by atoms with E-state index in [1.54, 1.807) is 6.20 Å². The van der Waals surface area contributed by atoms with Gasteiger partial charge in [0.25, 0.3) is 0 Å². The minimum absolute atomic E-state index is 0. The number of nitrogens with one attached hydrogen (secondary N) is 1. The molecule has 1 fully saturated rings. The van der Waals surface area contributed by atoms with E-state index in [0.29, 0.717) is 19.0 Å². The summed E-state index contributed by atoms with van der Waals surface area (Å²) in [5.41, 5.74) is 0.980. The van der Waals surface area contributed by atoms with Gasteiger partial charge in [0.1, 0.15) is 0 Å². The van der Waals surface area contributed by atoms with E-state index in [-0.39, 0.29) is 35.9 Å². The molecule has 7 nitrogen and oxygen atoms in total. The molecule has 1 saturated heterocycles. The summed E-state index contributed by atoms with van der Waals surface area (Å²) in [5, 5.41) is 3.35. The first kappa shape index (κ1) is 24.5. The lowest BCUT2D eigenvalue weighted by Gasteiger charge is -2.33. The van der Waals surface area contributed by atoms with Crippen LogP contribution in [-0.2, 0) is 16.1 Å².